The Hall–Kier alpha value is -4.21. The van der Waals surface area contributed by atoms with Gasteiger partial charge >= 0.3 is 0 Å². The minimum atomic E-state index is -0.166. The summed E-state index contributed by atoms with van der Waals surface area (Å²) >= 11 is 0. The van der Waals surface area contributed by atoms with Crippen LogP contribution in [0.15, 0.2) is 47.8 Å². The maximum Gasteiger partial charge on any atom is 0.263 e. The third-order valence-corrected chi connectivity index (χ3v) is 6.38. The number of carbonyl (C=O) groups excluding carboxylic acids is 1. The molecule has 6 rings (SSSR count). The second kappa shape index (κ2) is 8.53. The number of hydrogen-bond donors (Lipinski definition) is 0. The van der Waals surface area contributed by atoms with Crippen molar-refractivity contribution in [2.75, 3.05) is 51.1 Å². The monoisotopic (exact) mass is 476 g/mol. The molecule has 0 saturated carbocycles. The van der Waals surface area contributed by atoms with Crippen molar-refractivity contribution < 1.29 is 23.7 Å². The first-order valence-corrected chi connectivity index (χ1v) is 11.5. The highest BCUT2D eigenvalue weighted by Gasteiger charge is 2.27. The van der Waals surface area contributed by atoms with E-state index < -0.39 is 0 Å². The number of carbonyl (C=O) groups is 1. The Kier molecular flexibility index (Phi) is 5.20. The highest BCUT2D eigenvalue weighted by Crippen LogP contribution is 2.34. The van der Waals surface area contributed by atoms with Gasteiger partial charge in [-0.3, -0.25) is 14.2 Å². The van der Waals surface area contributed by atoms with Crippen LogP contribution in [0.5, 0.6) is 23.0 Å². The van der Waals surface area contributed by atoms with Crippen molar-refractivity contribution in [2.24, 2.45) is 0 Å². The Balaban J connectivity index is 1.27. The zero-order valence-electron chi connectivity index (χ0n) is 19.1. The maximum atomic E-state index is 13.4. The Morgan fingerprint density at radius 3 is 2.43 bits per heavy atom. The summed E-state index contributed by atoms with van der Waals surface area (Å²) in [5.41, 5.74) is 0.941. The summed E-state index contributed by atoms with van der Waals surface area (Å²) in [5, 5.41) is 0.469. The molecule has 0 unspecified atom stereocenters. The third kappa shape index (κ3) is 3.71. The normalized spacial score (nSPS) is 16.5. The molecule has 0 radical (unpaired) electrons. The summed E-state index contributed by atoms with van der Waals surface area (Å²) in [7, 11) is 0. The lowest BCUT2D eigenvalue weighted by Crippen LogP contribution is -2.50. The van der Waals surface area contributed by atoms with Crippen molar-refractivity contribution in [3.63, 3.8) is 0 Å². The number of ether oxygens (including phenoxy) is 4. The molecule has 4 heterocycles. The van der Waals surface area contributed by atoms with Gasteiger partial charge in [0.2, 0.25) is 12.7 Å². The summed E-state index contributed by atoms with van der Waals surface area (Å²) < 4.78 is 23.7. The summed E-state index contributed by atoms with van der Waals surface area (Å²) in [5.74, 6) is 2.85. The molecule has 10 nitrogen and oxygen atoms in total. The van der Waals surface area contributed by atoms with Gasteiger partial charge in [0, 0.05) is 44.4 Å². The zero-order chi connectivity index (χ0) is 23.9. The van der Waals surface area contributed by atoms with Gasteiger partial charge < -0.3 is 28.7 Å². The van der Waals surface area contributed by atoms with Crippen LogP contribution in [0.1, 0.15) is 10.4 Å². The zero-order valence-corrected chi connectivity index (χ0v) is 19.1. The average Bonchev–Trinajstić information content (AvgIpc) is 3.37. The van der Waals surface area contributed by atoms with Crippen molar-refractivity contribution >= 4 is 22.8 Å². The molecule has 1 aromatic heterocycles. The molecule has 0 spiro atoms. The molecule has 3 aromatic rings. The van der Waals surface area contributed by atoms with E-state index in [2.05, 4.69) is 6.58 Å². The van der Waals surface area contributed by atoms with E-state index in [0.29, 0.717) is 91.4 Å². The predicted molar refractivity (Wildman–Crippen MR) is 128 cm³/mol. The number of benzene rings is 2. The summed E-state index contributed by atoms with van der Waals surface area (Å²) in [4.78, 5) is 35.1. The lowest BCUT2D eigenvalue weighted by atomic mass is 10.1. The van der Waals surface area contributed by atoms with Crippen molar-refractivity contribution in [3.8, 4) is 23.0 Å². The molecule has 0 aliphatic carbocycles. The van der Waals surface area contributed by atoms with E-state index in [4.69, 9.17) is 23.9 Å². The Labute approximate surface area is 200 Å². The predicted octanol–water partition coefficient (Wildman–Crippen LogP) is 2.04. The fraction of sp³-hybridized carbons (Fsp3) is 0.320. The first-order chi connectivity index (χ1) is 17.1. The minimum Gasteiger partial charge on any atom is -0.486 e. The lowest BCUT2D eigenvalue weighted by Gasteiger charge is -2.36. The molecule has 1 saturated heterocycles. The van der Waals surface area contributed by atoms with Gasteiger partial charge in [-0.2, -0.15) is 0 Å². The molecule has 0 atom stereocenters. The van der Waals surface area contributed by atoms with Crippen LogP contribution in [0.2, 0.25) is 0 Å². The van der Waals surface area contributed by atoms with Gasteiger partial charge in [-0.1, -0.05) is 6.08 Å². The van der Waals surface area contributed by atoms with Crippen LogP contribution in [0.4, 0.5) is 5.95 Å². The number of piperazine rings is 1. The molecule has 1 amide bonds. The molecule has 35 heavy (non-hydrogen) atoms. The third-order valence-electron chi connectivity index (χ3n) is 6.38. The highest BCUT2D eigenvalue weighted by molar-refractivity contribution is 5.95. The van der Waals surface area contributed by atoms with Gasteiger partial charge in [0.25, 0.3) is 11.5 Å². The summed E-state index contributed by atoms with van der Waals surface area (Å²) in [6, 6.07) is 8.68. The second-order valence-electron chi connectivity index (χ2n) is 8.48. The van der Waals surface area contributed by atoms with Gasteiger partial charge in [0.1, 0.15) is 13.2 Å². The Bertz CT molecular complexity index is 1390. The molecule has 1 fully saturated rings. The first kappa shape index (κ1) is 21.3. The largest absolute Gasteiger partial charge is 0.486 e. The van der Waals surface area contributed by atoms with Gasteiger partial charge in [0.05, 0.1) is 10.9 Å². The van der Waals surface area contributed by atoms with Gasteiger partial charge in [-0.15, -0.1) is 6.58 Å². The molecule has 180 valence electrons. The highest BCUT2D eigenvalue weighted by atomic mass is 16.7. The van der Waals surface area contributed by atoms with Gasteiger partial charge in [0.15, 0.2) is 23.0 Å². The quantitative estimate of drug-likeness (QED) is 0.528. The van der Waals surface area contributed by atoms with Crippen LogP contribution >= 0.6 is 0 Å². The Morgan fingerprint density at radius 1 is 0.943 bits per heavy atom. The van der Waals surface area contributed by atoms with Crippen LogP contribution < -0.4 is 29.4 Å². The molecule has 3 aliphatic heterocycles. The fourth-order valence-electron chi connectivity index (χ4n) is 4.60. The maximum absolute atomic E-state index is 13.4. The Morgan fingerprint density at radius 2 is 1.66 bits per heavy atom. The number of amides is 1. The topological polar surface area (TPSA) is 95.4 Å². The number of rotatable bonds is 4. The summed E-state index contributed by atoms with van der Waals surface area (Å²) in [6.07, 6.45) is 1.68. The average molecular weight is 476 g/mol. The lowest BCUT2D eigenvalue weighted by molar-refractivity contribution is 0.0745. The molecule has 0 bridgehead atoms. The van der Waals surface area contributed by atoms with E-state index in [9.17, 15) is 9.59 Å². The number of anilines is 1. The molecule has 3 aliphatic rings. The SMILES string of the molecule is C=CCn1c(N2CCN(C(=O)c3ccc4c(c3)OCO4)CC2)nc2cc3c(cc2c1=O)OCCO3. The van der Waals surface area contributed by atoms with Crippen LogP contribution in [0.3, 0.4) is 0 Å². The van der Waals surface area contributed by atoms with Crippen molar-refractivity contribution in [1.29, 1.82) is 0 Å². The molecular weight excluding hydrogens is 452 g/mol. The molecule has 0 N–H and O–H groups in total. The van der Waals surface area contributed by atoms with Crippen molar-refractivity contribution in [1.82, 2.24) is 14.5 Å². The van der Waals surface area contributed by atoms with Gasteiger partial charge in [-0.05, 0) is 24.3 Å². The van der Waals surface area contributed by atoms with Crippen LogP contribution in [-0.2, 0) is 6.54 Å². The van der Waals surface area contributed by atoms with Crippen molar-refractivity contribution in [3.05, 3.63) is 58.9 Å². The summed E-state index contributed by atoms with van der Waals surface area (Å²) in [6.45, 7) is 7.26. The van der Waals surface area contributed by atoms with E-state index >= 15 is 0 Å². The van der Waals surface area contributed by atoms with Crippen LogP contribution in [0.25, 0.3) is 10.9 Å². The van der Waals surface area contributed by atoms with Crippen molar-refractivity contribution in [2.45, 2.75) is 6.54 Å². The number of fused-ring (bicyclic) bond motifs is 3. The van der Waals surface area contributed by atoms with E-state index in [1.807, 2.05) is 4.90 Å². The number of allylic oxidation sites excluding steroid dienone is 1. The smallest absolute Gasteiger partial charge is 0.263 e. The molecule has 10 heteroatoms. The second-order valence-corrected chi connectivity index (χ2v) is 8.48. The minimum absolute atomic E-state index is 0.0679. The van der Waals surface area contributed by atoms with E-state index in [0.717, 1.165) is 0 Å². The number of hydrogen-bond acceptors (Lipinski definition) is 8. The number of aromatic nitrogens is 2. The van der Waals surface area contributed by atoms with Gasteiger partial charge in [-0.25, -0.2) is 4.98 Å². The van der Waals surface area contributed by atoms with E-state index in [1.54, 1.807) is 45.9 Å². The fourth-order valence-corrected chi connectivity index (χ4v) is 4.60. The van der Waals surface area contributed by atoms with E-state index in [1.165, 1.54) is 0 Å². The standard InChI is InChI=1S/C25H24N4O6/c1-2-5-29-24(31)17-13-21-22(33-11-10-32-21)14-18(17)26-25(29)28-8-6-27(7-9-28)23(30)16-3-4-19-20(12-16)35-15-34-19/h2-4,12-14H,1,5-11,15H2. The molecule has 2 aromatic carbocycles. The van der Waals surface area contributed by atoms with Crippen LogP contribution in [0, 0.1) is 0 Å². The van der Waals surface area contributed by atoms with Crippen LogP contribution in [-0.4, -0.2) is 66.5 Å². The molecular formula is C25H24N4O6. The number of nitrogens with zero attached hydrogens (tertiary/aromatic N) is 4. The van der Waals surface area contributed by atoms with E-state index in [-0.39, 0.29) is 18.3 Å². The first-order valence-electron chi connectivity index (χ1n) is 11.5.